The molecule has 0 radical (unpaired) electrons. The Labute approximate surface area is 135 Å². The first-order valence-electron chi connectivity index (χ1n) is 8.10. The highest BCUT2D eigenvalue weighted by molar-refractivity contribution is 5.92. The summed E-state index contributed by atoms with van der Waals surface area (Å²) in [4.78, 5) is 14.6. The van der Waals surface area contributed by atoms with Gasteiger partial charge in [0.15, 0.2) is 5.69 Å². The minimum absolute atomic E-state index is 0.0953. The second-order valence-corrected chi connectivity index (χ2v) is 6.05. The van der Waals surface area contributed by atoms with Gasteiger partial charge in [0.25, 0.3) is 5.91 Å². The lowest BCUT2D eigenvalue weighted by molar-refractivity contribution is 0.0568. The van der Waals surface area contributed by atoms with Gasteiger partial charge in [-0.1, -0.05) is 17.3 Å². The Kier molecular flexibility index (Phi) is 4.71. The maximum atomic E-state index is 12.7. The van der Waals surface area contributed by atoms with Crippen molar-refractivity contribution in [3.05, 3.63) is 41.7 Å². The lowest BCUT2D eigenvalue weighted by Gasteiger charge is -2.35. The molecule has 1 fully saturated rings. The van der Waals surface area contributed by atoms with Crippen molar-refractivity contribution in [3.8, 4) is 5.69 Å². The van der Waals surface area contributed by atoms with Crippen molar-refractivity contribution in [3.63, 3.8) is 0 Å². The van der Waals surface area contributed by atoms with E-state index in [0.717, 1.165) is 37.1 Å². The smallest absolute Gasteiger partial charge is 0.276 e. The zero-order valence-electron chi connectivity index (χ0n) is 13.4. The molecule has 0 spiro atoms. The fourth-order valence-corrected chi connectivity index (χ4v) is 3.12. The monoisotopic (exact) mass is 314 g/mol. The molecular weight excluding hydrogens is 292 g/mol. The number of benzene rings is 1. The Balaban J connectivity index is 1.80. The highest BCUT2D eigenvalue weighted by Gasteiger charge is 2.28. The van der Waals surface area contributed by atoms with E-state index in [4.69, 9.17) is 0 Å². The number of carbonyl (C=O) groups excluding carboxylic acids is 1. The van der Waals surface area contributed by atoms with Gasteiger partial charge in [-0.05, 0) is 50.3 Å². The van der Waals surface area contributed by atoms with Crippen LogP contribution in [-0.2, 0) is 0 Å². The van der Waals surface area contributed by atoms with Crippen molar-refractivity contribution >= 4 is 5.91 Å². The molecule has 2 heterocycles. The van der Waals surface area contributed by atoms with Crippen LogP contribution < -0.4 is 0 Å². The molecule has 6 nitrogen and oxygen atoms in total. The molecule has 23 heavy (non-hydrogen) atoms. The average molecular weight is 314 g/mol. The number of nitrogens with zero attached hydrogens (tertiary/aromatic N) is 4. The number of carbonyl (C=O) groups is 1. The van der Waals surface area contributed by atoms with Crippen LogP contribution in [0.2, 0.25) is 0 Å². The number of rotatable bonds is 4. The van der Waals surface area contributed by atoms with Crippen LogP contribution in [0.3, 0.4) is 0 Å². The third-order valence-corrected chi connectivity index (χ3v) is 4.33. The summed E-state index contributed by atoms with van der Waals surface area (Å²) in [5.74, 6) is -0.0953. The van der Waals surface area contributed by atoms with Crippen LogP contribution >= 0.6 is 0 Å². The summed E-state index contributed by atoms with van der Waals surface area (Å²) in [6, 6.07) is 8.00. The molecule has 0 bridgehead atoms. The Morgan fingerprint density at radius 2 is 2.26 bits per heavy atom. The molecular formula is C17H22N4O2. The summed E-state index contributed by atoms with van der Waals surface area (Å²) in [5.41, 5.74) is 2.38. The number of piperidine rings is 1. The molecule has 0 saturated carbocycles. The van der Waals surface area contributed by atoms with Crippen molar-refractivity contribution in [1.82, 2.24) is 19.9 Å². The fourth-order valence-electron chi connectivity index (χ4n) is 3.12. The zero-order chi connectivity index (χ0) is 16.2. The summed E-state index contributed by atoms with van der Waals surface area (Å²) in [7, 11) is 0. The number of likely N-dealkylation sites (tertiary alicyclic amines) is 1. The second kappa shape index (κ2) is 6.91. The van der Waals surface area contributed by atoms with Crippen LogP contribution in [0.5, 0.6) is 0 Å². The van der Waals surface area contributed by atoms with Gasteiger partial charge < -0.3 is 10.0 Å². The van der Waals surface area contributed by atoms with E-state index in [0.29, 0.717) is 12.1 Å². The van der Waals surface area contributed by atoms with Gasteiger partial charge in [-0.15, -0.1) is 5.10 Å². The minimum Gasteiger partial charge on any atom is -0.396 e. The lowest BCUT2D eigenvalue weighted by Crippen LogP contribution is -2.44. The Hall–Kier alpha value is -2.21. The van der Waals surface area contributed by atoms with Crippen LogP contribution in [-0.4, -0.2) is 50.1 Å². The van der Waals surface area contributed by atoms with Crippen molar-refractivity contribution in [2.45, 2.75) is 38.6 Å². The molecule has 1 atom stereocenters. The zero-order valence-corrected chi connectivity index (χ0v) is 13.4. The SMILES string of the molecule is Cc1cccc(-n2cc(C(=O)N3CCCCC3CCO)nn2)c1. The molecule has 0 aliphatic carbocycles. The maximum absolute atomic E-state index is 12.7. The van der Waals surface area contributed by atoms with Gasteiger partial charge in [0, 0.05) is 19.2 Å². The summed E-state index contributed by atoms with van der Waals surface area (Å²) < 4.78 is 1.63. The van der Waals surface area contributed by atoms with Gasteiger partial charge in [0.05, 0.1) is 11.9 Å². The molecule has 2 aromatic rings. The largest absolute Gasteiger partial charge is 0.396 e. The normalized spacial score (nSPS) is 18.2. The van der Waals surface area contributed by atoms with Gasteiger partial charge >= 0.3 is 0 Å². The molecule has 6 heteroatoms. The molecule has 1 aliphatic rings. The first kappa shape index (κ1) is 15.7. The van der Waals surface area contributed by atoms with Gasteiger partial charge in [-0.2, -0.15) is 0 Å². The van der Waals surface area contributed by atoms with E-state index in [1.165, 1.54) is 0 Å². The highest BCUT2D eigenvalue weighted by Crippen LogP contribution is 2.21. The third kappa shape index (κ3) is 3.42. The van der Waals surface area contributed by atoms with E-state index in [2.05, 4.69) is 10.3 Å². The lowest BCUT2D eigenvalue weighted by atomic mass is 9.99. The molecule has 1 aromatic heterocycles. The summed E-state index contributed by atoms with van der Waals surface area (Å²) >= 11 is 0. The number of hydrogen-bond acceptors (Lipinski definition) is 4. The maximum Gasteiger partial charge on any atom is 0.276 e. The van der Waals surface area contributed by atoms with Crippen molar-refractivity contribution in [1.29, 1.82) is 0 Å². The van der Waals surface area contributed by atoms with E-state index in [9.17, 15) is 9.90 Å². The van der Waals surface area contributed by atoms with Gasteiger partial charge in [0.1, 0.15) is 0 Å². The van der Waals surface area contributed by atoms with Gasteiger partial charge in [-0.3, -0.25) is 4.79 Å². The topological polar surface area (TPSA) is 71.2 Å². The molecule has 1 unspecified atom stereocenters. The molecule has 1 amide bonds. The number of aromatic nitrogens is 3. The van der Waals surface area contributed by atoms with Crippen molar-refractivity contribution in [2.75, 3.05) is 13.2 Å². The fraction of sp³-hybridized carbons (Fsp3) is 0.471. The van der Waals surface area contributed by atoms with Gasteiger partial charge in [0.2, 0.25) is 0 Å². The Bertz CT molecular complexity index is 681. The first-order chi connectivity index (χ1) is 11.2. The van der Waals surface area contributed by atoms with E-state index < -0.39 is 0 Å². The second-order valence-electron chi connectivity index (χ2n) is 6.05. The van der Waals surface area contributed by atoms with Crippen LogP contribution in [0, 0.1) is 6.92 Å². The summed E-state index contributed by atoms with van der Waals surface area (Å²) in [6.45, 7) is 2.84. The highest BCUT2D eigenvalue weighted by atomic mass is 16.3. The summed E-state index contributed by atoms with van der Waals surface area (Å²) in [6.07, 6.45) is 5.35. The molecule has 1 aromatic carbocycles. The Morgan fingerprint density at radius 3 is 3.04 bits per heavy atom. The van der Waals surface area contributed by atoms with E-state index in [1.54, 1.807) is 10.9 Å². The molecule has 1 aliphatic heterocycles. The number of aliphatic hydroxyl groups is 1. The number of amides is 1. The quantitative estimate of drug-likeness (QED) is 0.936. The van der Waals surface area contributed by atoms with Crippen LogP contribution in [0.1, 0.15) is 41.7 Å². The van der Waals surface area contributed by atoms with Crippen molar-refractivity contribution < 1.29 is 9.90 Å². The molecule has 3 rings (SSSR count). The van der Waals surface area contributed by atoms with E-state index >= 15 is 0 Å². The van der Waals surface area contributed by atoms with Gasteiger partial charge in [-0.25, -0.2) is 4.68 Å². The van der Waals surface area contributed by atoms with E-state index in [1.807, 2.05) is 36.1 Å². The first-order valence-corrected chi connectivity index (χ1v) is 8.10. The third-order valence-electron chi connectivity index (χ3n) is 4.33. The van der Waals surface area contributed by atoms with Crippen LogP contribution in [0.4, 0.5) is 0 Å². The number of aliphatic hydroxyl groups excluding tert-OH is 1. The van der Waals surface area contributed by atoms with Crippen LogP contribution in [0.15, 0.2) is 30.5 Å². The summed E-state index contributed by atoms with van der Waals surface area (Å²) in [5, 5.41) is 17.3. The molecule has 1 saturated heterocycles. The van der Waals surface area contributed by atoms with Crippen molar-refractivity contribution in [2.24, 2.45) is 0 Å². The predicted octanol–water partition coefficient (Wildman–Crippen LogP) is 1.95. The Morgan fingerprint density at radius 1 is 1.39 bits per heavy atom. The van der Waals surface area contributed by atoms with Crippen LogP contribution in [0.25, 0.3) is 5.69 Å². The number of aryl methyl sites for hydroxylation is 1. The molecule has 122 valence electrons. The van der Waals surface area contributed by atoms with E-state index in [-0.39, 0.29) is 18.6 Å². The predicted molar refractivity (Wildman–Crippen MR) is 86.5 cm³/mol. The molecule has 1 N–H and O–H groups in total. The standard InChI is InChI=1S/C17H22N4O2/c1-13-5-4-7-15(11-13)21-12-16(18-19-21)17(23)20-9-3-2-6-14(20)8-10-22/h4-5,7,11-12,14,22H,2-3,6,8-10H2,1H3. The number of hydrogen-bond donors (Lipinski definition) is 1. The minimum atomic E-state index is -0.0953. The average Bonchev–Trinajstić information content (AvgIpc) is 3.05.